The van der Waals surface area contributed by atoms with Crippen LogP contribution in [-0.2, 0) is 14.4 Å². The van der Waals surface area contributed by atoms with Crippen molar-refractivity contribution in [2.45, 2.75) is 6.42 Å². The molecular formula is C29H28N4O5S3. The van der Waals surface area contributed by atoms with Crippen LogP contribution in [0, 0.1) is 0 Å². The monoisotopic (exact) mass is 608 g/mol. The van der Waals surface area contributed by atoms with Gasteiger partial charge in [-0.15, -0.1) is 0 Å². The van der Waals surface area contributed by atoms with Crippen LogP contribution in [0.25, 0.3) is 12.2 Å². The molecule has 41 heavy (non-hydrogen) atoms. The molecule has 2 aromatic carbocycles. The number of thiocarbonyl (C=S) groups is 1. The van der Waals surface area contributed by atoms with E-state index >= 15 is 0 Å². The molecule has 3 heterocycles. The molecular weight excluding hydrogens is 581 g/mol. The quantitative estimate of drug-likeness (QED) is 0.340. The van der Waals surface area contributed by atoms with E-state index in [0.29, 0.717) is 45.5 Å². The summed E-state index contributed by atoms with van der Waals surface area (Å²) < 4.78 is 10.8. The van der Waals surface area contributed by atoms with Crippen molar-refractivity contribution in [1.82, 2.24) is 14.7 Å². The maximum atomic E-state index is 13.0. The lowest BCUT2D eigenvalue weighted by atomic mass is 10.2. The second kappa shape index (κ2) is 12.9. The van der Waals surface area contributed by atoms with Gasteiger partial charge in [-0.1, -0.05) is 48.2 Å². The highest BCUT2D eigenvalue weighted by molar-refractivity contribution is 8.26. The van der Waals surface area contributed by atoms with E-state index in [2.05, 4.69) is 4.99 Å². The molecule has 5 rings (SSSR count). The average Bonchev–Trinajstić information content (AvgIpc) is 3.49. The number of aliphatic imine (C=N–C) groups is 1. The molecule has 0 bridgehead atoms. The Morgan fingerprint density at radius 2 is 1.44 bits per heavy atom. The number of carbonyl (C=O) groups is 3. The van der Waals surface area contributed by atoms with Crippen LogP contribution in [0.2, 0.25) is 0 Å². The van der Waals surface area contributed by atoms with Gasteiger partial charge in [0.05, 0.1) is 24.0 Å². The summed E-state index contributed by atoms with van der Waals surface area (Å²) in [5.41, 5.74) is 1.77. The SMILES string of the molecule is COc1ccc(/C=C2\SC(N3CCN(C(=O)CCN4C(=O)/C(=C\c5ccc(OC)cc5)SC4=S)CC3)=NC2=O)cc1. The van der Waals surface area contributed by atoms with Crippen LogP contribution < -0.4 is 9.47 Å². The number of hydrogen-bond acceptors (Lipinski definition) is 9. The summed E-state index contributed by atoms with van der Waals surface area (Å²) >= 11 is 8.02. The third kappa shape index (κ3) is 6.83. The second-order valence-electron chi connectivity index (χ2n) is 9.31. The fourth-order valence-corrected chi connectivity index (χ4v) is 6.72. The van der Waals surface area contributed by atoms with E-state index in [1.807, 2.05) is 59.5 Å². The van der Waals surface area contributed by atoms with Crippen LogP contribution in [0.1, 0.15) is 17.5 Å². The van der Waals surface area contributed by atoms with E-state index in [9.17, 15) is 14.4 Å². The van der Waals surface area contributed by atoms with Gasteiger partial charge in [-0.05, 0) is 59.3 Å². The maximum Gasteiger partial charge on any atom is 0.286 e. The van der Waals surface area contributed by atoms with Crippen LogP contribution in [0.4, 0.5) is 0 Å². The van der Waals surface area contributed by atoms with Crippen LogP contribution >= 0.6 is 35.7 Å². The zero-order chi connectivity index (χ0) is 28.9. The number of amidine groups is 1. The van der Waals surface area contributed by atoms with Gasteiger partial charge < -0.3 is 19.3 Å². The Balaban J connectivity index is 1.10. The van der Waals surface area contributed by atoms with E-state index in [1.54, 1.807) is 25.2 Å². The van der Waals surface area contributed by atoms with E-state index in [4.69, 9.17) is 21.7 Å². The largest absolute Gasteiger partial charge is 0.497 e. The number of thioether (sulfide) groups is 2. The lowest BCUT2D eigenvalue weighted by Gasteiger charge is -2.35. The first-order valence-electron chi connectivity index (χ1n) is 12.9. The molecule has 0 N–H and O–H groups in total. The Kier molecular flexibility index (Phi) is 9.11. The van der Waals surface area contributed by atoms with Gasteiger partial charge in [-0.25, -0.2) is 0 Å². The fraction of sp³-hybridized carbons (Fsp3) is 0.276. The third-order valence-corrected chi connectivity index (χ3v) is 9.18. The van der Waals surface area contributed by atoms with Gasteiger partial charge in [0.25, 0.3) is 11.8 Å². The van der Waals surface area contributed by atoms with E-state index in [-0.39, 0.29) is 30.7 Å². The molecule has 0 aliphatic carbocycles. The highest BCUT2D eigenvalue weighted by atomic mass is 32.2. The van der Waals surface area contributed by atoms with Crippen LogP contribution in [0.3, 0.4) is 0 Å². The van der Waals surface area contributed by atoms with Gasteiger partial charge in [0.15, 0.2) is 5.17 Å². The Bertz CT molecular complexity index is 1450. The van der Waals surface area contributed by atoms with Crippen LogP contribution in [0.5, 0.6) is 11.5 Å². The lowest BCUT2D eigenvalue weighted by molar-refractivity contribution is -0.133. The molecule has 0 aromatic heterocycles. The zero-order valence-electron chi connectivity index (χ0n) is 22.6. The molecule has 3 aliphatic rings. The summed E-state index contributed by atoms with van der Waals surface area (Å²) in [4.78, 5) is 49.1. The van der Waals surface area contributed by atoms with Crippen molar-refractivity contribution in [3.05, 3.63) is 69.5 Å². The molecule has 0 spiro atoms. The first-order valence-corrected chi connectivity index (χ1v) is 15.0. The average molecular weight is 609 g/mol. The summed E-state index contributed by atoms with van der Waals surface area (Å²) in [7, 11) is 3.21. The second-order valence-corrected chi connectivity index (χ2v) is 12.0. The Labute approximate surface area is 252 Å². The number of nitrogens with zero attached hydrogens (tertiary/aromatic N) is 4. The summed E-state index contributed by atoms with van der Waals surface area (Å²) in [6, 6.07) is 14.9. The molecule has 12 heteroatoms. The van der Waals surface area contributed by atoms with Crippen LogP contribution in [-0.4, -0.2) is 88.9 Å². The highest BCUT2D eigenvalue weighted by Crippen LogP contribution is 2.33. The van der Waals surface area contributed by atoms with Crippen molar-refractivity contribution >= 4 is 75.1 Å². The molecule has 2 aromatic rings. The van der Waals surface area contributed by atoms with Crippen molar-refractivity contribution in [2.75, 3.05) is 46.9 Å². The Morgan fingerprint density at radius 3 is 2.00 bits per heavy atom. The van der Waals surface area contributed by atoms with E-state index < -0.39 is 0 Å². The first kappa shape index (κ1) is 28.9. The topological polar surface area (TPSA) is 91.8 Å². The van der Waals surface area contributed by atoms with Crippen molar-refractivity contribution < 1.29 is 23.9 Å². The van der Waals surface area contributed by atoms with Gasteiger partial charge in [0, 0.05) is 39.1 Å². The fourth-order valence-electron chi connectivity index (χ4n) is 4.44. The number of carbonyl (C=O) groups excluding carboxylic acids is 3. The molecule has 212 valence electrons. The summed E-state index contributed by atoms with van der Waals surface area (Å²) in [5, 5.41) is 0.656. The predicted molar refractivity (Wildman–Crippen MR) is 167 cm³/mol. The molecule has 9 nitrogen and oxygen atoms in total. The summed E-state index contributed by atoms with van der Waals surface area (Å²) in [6.07, 6.45) is 3.81. The minimum absolute atomic E-state index is 0.0324. The molecule has 0 radical (unpaired) electrons. The molecule has 3 aliphatic heterocycles. The minimum atomic E-state index is -0.260. The summed E-state index contributed by atoms with van der Waals surface area (Å²) in [5.74, 6) is 1.01. The van der Waals surface area contributed by atoms with Gasteiger partial charge in [-0.2, -0.15) is 4.99 Å². The number of amides is 3. The molecule has 0 unspecified atom stereocenters. The van der Waals surface area contributed by atoms with Crippen molar-refractivity contribution in [2.24, 2.45) is 4.99 Å². The van der Waals surface area contributed by atoms with Gasteiger partial charge in [0.2, 0.25) is 5.91 Å². The predicted octanol–water partition coefficient (Wildman–Crippen LogP) is 4.11. The molecule has 0 saturated carbocycles. The van der Waals surface area contributed by atoms with Crippen LogP contribution in [0.15, 0.2) is 63.3 Å². The first-order chi connectivity index (χ1) is 19.8. The van der Waals surface area contributed by atoms with Crippen molar-refractivity contribution in [1.29, 1.82) is 0 Å². The van der Waals surface area contributed by atoms with E-state index in [1.165, 1.54) is 28.4 Å². The maximum absolute atomic E-state index is 13.0. The number of benzene rings is 2. The third-order valence-electron chi connectivity index (χ3n) is 6.76. The van der Waals surface area contributed by atoms with Crippen molar-refractivity contribution in [3.8, 4) is 11.5 Å². The molecule has 2 saturated heterocycles. The zero-order valence-corrected chi connectivity index (χ0v) is 25.0. The smallest absolute Gasteiger partial charge is 0.286 e. The van der Waals surface area contributed by atoms with Gasteiger partial charge in [-0.3, -0.25) is 19.3 Å². The standard InChI is InChI=1S/C29H28N4O5S3/c1-37-21-7-3-19(4-8-21)17-23-26(35)30-28(40-23)32-15-13-31(14-16-32)25(34)11-12-33-27(36)24(41-29(33)39)18-20-5-9-22(38-2)10-6-20/h3-10,17-18H,11-16H2,1-2H3/b23-17-,24-18+. The molecule has 0 atom stereocenters. The number of rotatable bonds is 7. The van der Waals surface area contributed by atoms with E-state index in [0.717, 1.165) is 22.6 Å². The van der Waals surface area contributed by atoms with Gasteiger partial charge in [0.1, 0.15) is 15.8 Å². The Morgan fingerprint density at radius 1 is 0.878 bits per heavy atom. The molecule has 3 amide bonds. The molecule has 2 fully saturated rings. The number of piperazine rings is 1. The lowest BCUT2D eigenvalue weighted by Crippen LogP contribution is -2.50. The number of ether oxygens (including phenoxy) is 2. The number of methoxy groups -OCH3 is 2. The Hall–Kier alpha value is -3.61. The highest BCUT2D eigenvalue weighted by Gasteiger charge is 2.33. The minimum Gasteiger partial charge on any atom is -0.497 e. The normalized spacial score (nSPS) is 19.4. The van der Waals surface area contributed by atoms with Gasteiger partial charge >= 0.3 is 0 Å². The summed E-state index contributed by atoms with van der Waals surface area (Å²) in [6.45, 7) is 2.42. The number of hydrogen-bond donors (Lipinski definition) is 0. The van der Waals surface area contributed by atoms with Crippen molar-refractivity contribution in [3.63, 3.8) is 0 Å².